The van der Waals surface area contributed by atoms with Crippen LogP contribution in [0.5, 0.6) is 0 Å². The Bertz CT molecular complexity index is 5530. The molecule has 2 aliphatic heterocycles. The van der Waals surface area contributed by atoms with Crippen LogP contribution in [0.25, 0.3) is 44.5 Å². The minimum Gasteiger partial charge on any atom is -0.338 e. The van der Waals surface area contributed by atoms with Gasteiger partial charge in [0, 0.05) is 90.3 Å². The van der Waals surface area contributed by atoms with E-state index in [0.717, 1.165) is 140 Å². The monoisotopic (exact) mass is 1380 g/mol. The number of benzene rings is 15. The zero-order chi connectivity index (χ0) is 71.6. The van der Waals surface area contributed by atoms with Gasteiger partial charge in [0.2, 0.25) is 13.4 Å². The Balaban J connectivity index is 0.959. The molecule has 5 nitrogen and oxygen atoms in total. The van der Waals surface area contributed by atoms with Crippen molar-refractivity contribution < 1.29 is 4.39 Å². The highest BCUT2D eigenvalue weighted by Gasteiger charge is 2.46. The molecule has 15 aromatic rings. The Labute approximate surface area is 627 Å². The summed E-state index contributed by atoms with van der Waals surface area (Å²) in [5.41, 5.74) is 26.8. The minimum absolute atomic E-state index is 0.210. The van der Waals surface area contributed by atoms with E-state index in [1.165, 1.54) is 10.9 Å². The number of rotatable bonds is 19. The summed E-state index contributed by atoms with van der Waals surface area (Å²) < 4.78 is 17.7. The highest BCUT2D eigenvalue weighted by atomic mass is 32.2. The van der Waals surface area contributed by atoms with Gasteiger partial charge in [-0.15, -0.1) is 24.3 Å². The van der Waals surface area contributed by atoms with Gasteiger partial charge >= 0.3 is 0 Å². The fourth-order valence-corrected chi connectivity index (χ4v) is 17.0. The molecule has 2 atom stereocenters. The molecule has 508 valence electrons. The van der Waals surface area contributed by atoms with Crippen LogP contribution in [0.1, 0.15) is 13.8 Å². The van der Waals surface area contributed by atoms with E-state index in [1.54, 1.807) is 23.9 Å². The number of anilines is 14. The van der Waals surface area contributed by atoms with Crippen LogP contribution in [-0.2, 0) is 0 Å². The maximum atomic E-state index is 17.7. The van der Waals surface area contributed by atoms with Crippen LogP contribution in [0, 0.1) is 5.82 Å². The van der Waals surface area contributed by atoms with E-state index in [1.807, 2.05) is 12.1 Å². The Morgan fingerprint density at radius 1 is 0.358 bits per heavy atom. The molecule has 2 heterocycles. The van der Waals surface area contributed by atoms with E-state index in [-0.39, 0.29) is 31.1 Å². The predicted molar refractivity (Wildman–Crippen MR) is 453 cm³/mol. The first-order chi connectivity index (χ1) is 52.3. The molecule has 0 bridgehead atoms. The zero-order valence-electron chi connectivity index (χ0n) is 59.4. The van der Waals surface area contributed by atoms with Crippen molar-refractivity contribution >= 4 is 127 Å². The van der Waals surface area contributed by atoms with Crippen LogP contribution in [0.15, 0.2) is 394 Å². The van der Waals surface area contributed by atoms with Gasteiger partial charge in [0.05, 0.1) is 11.4 Å². The van der Waals surface area contributed by atoms with Crippen molar-refractivity contribution in [3.8, 4) is 44.5 Å². The van der Waals surface area contributed by atoms with Crippen molar-refractivity contribution in [2.45, 2.75) is 30.6 Å². The Kier molecular flexibility index (Phi) is 18.4. The Morgan fingerprint density at radius 3 is 1.27 bits per heavy atom. The van der Waals surface area contributed by atoms with Gasteiger partial charge in [0.1, 0.15) is 5.82 Å². The second-order valence-electron chi connectivity index (χ2n) is 27.4. The second-order valence-corrected chi connectivity index (χ2v) is 28.2. The van der Waals surface area contributed by atoms with Crippen LogP contribution >= 0.6 is 11.8 Å². The summed E-state index contributed by atoms with van der Waals surface area (Å²) >= 11 is 1.80. The first-order valence-corrected chi connectivity index (χ1v) is 37.7. The van der Waals surface area contributed by atoms with Crippen LogP contribution in [0.3, 0.4) is 0 Å². The normalized spacial score (nSPS) is 12.6. The average molecular weight is 1380 g/mol. The van der Waals surface area contributed by atoms with Crippen LogP contribution in [0.4, 0.5) is 84.0 Å². The fourth-order valence-electron chi connectivity index (χ4n) is 16.3. The standard InChI is InChI=1S/C97H76B2FN5S/c1-5-98-87-53-30-32-55-89(87)104(79-48-26-12-27-49-79)92-65-83(102(77-44-22-10-23-45-77)78-46-24-11-25-47-78)64-91(95(92)98)101(97-85(73-39-18-8-19-40-73)62-76(100)63-86(97)74-41-20-9-21-42-74)69(3)68(2)99-88-54-31-33-56-90(88)105(80-50-28-13-29-51-80)93-66-84(67-94(106-4)96(93)99)103(81-59-57-72(58-60-81)70-35-14-6-15-36-70)82-52-34-43-75(61-82)71-37-16-7-17-38-71/h5-69H,1H2,2-4H3/t68?,69-/m1/s1. The molecule has 0 amide bonds. The van der Waals surface area contributed by atoms with Gasteiger partial charge in [-0.2, -0.15) is 0 Å². The second kappa shape index (κ2) is 29.3. The number of thioether (sulfide) groups is 1. The van der Waals surface area contributed by atoms with Gasteiger partial charge in [-0.1, -0.05) is 267 Å². The molecule has 15 aromatic carbocycles. The van der Waals surface area contributed by atoms with Gasteiger partial charge in [-0.05, 0) is 190 Å². The van der Waals surface area contributed by atoms with Crippen LogP contribution in [-0.4, -0.2) is 25.7 Å². The predicted octanol–water partition coefficient (Wildman–Crippen LogP) is 24.3. The lowest BCUT2D eigenvalue weighted by Crippen LogP contribution is -2.57. The van der Waals surface area contributed by atoms with Crippen LogP contribution in [0.2, 0.25) is 5.82 Å². The number of hydrogen-bond donors (Lipinski definition) is 0. The summed E-state index contributed by atoms with van der Waals surface area (Å²) in [7, 11) is 0. The quantitative estimate of drug-likeness (QED) is 0.0588. The lowest BCUT2D eigenvalue weighted by Gasteiger charge is -2.46. The largest absolute Gasteiger partial charge is 0.338 e. The summed E-state index contributed by atoms with van der Waals surface area (Å²) in [4.78, 5) is 13.6. The van der Waals surface area contributed by atoms with Crippen LogP contribution < -0.4 is 46.4 Å². The SMILES string of the molecule is C=CB1c2ccccc2N(c2ccccc2)c2cc(N(c3ccccc3)c3ccccc3)cc(N(c3c(-c4ccccc4)cc(F)cc3-c3ccccc3)[C@H](C)C(C)B3c4ccccc4N(c4ccccc4)c4cc(N(c5ccc(-c6ccccc6)cc5)c5cccc(-c6ccccc6)c5)cc(SC)c43)c21. The number of halogens is 1. The maximum absolute atomic E-state index is 17.7. The molecule has 0 spiro atoms. The fraction of sp³-hybridized carbons (Fsp3) is 0.0515. The van der Waals surface area contributed by atoms with E-state index in [2.05, 4.69) is 402 Å². The topological polar surface area (TPSA) is 16.2 Å². The molecule has 0 radical (unpaired) electrons. The molecular formula is C97H76B2FN5S. The summed E-state index contributed by atoms with van der Waals surface area (Å²) in [5.74, 6) is 1.60. The first kappa shape index (κ1) is 66.7. The highest BCUT2D eigenvalue weighted by Crippen LogP contribution is 2.53. The molecule has 2 aliphatic rings. The molecule has 0 saturated carbocycles. The molecule has 1 unspecified atom stereocenters. The molecular weight excluding hydrogens is 1310 g/mol. The van der Waals surface area contributed by atoms with Gasteiger partial charge < -0.3 is 24.5 Å². The van der Waals surface area contributed by atoms with Crippen molar-refractivity contribution in [2.24, 2.45) is 0 Å². The highest BCUT2D eigenvalue weighted by molar-refractivity contribution is 7.98. The van der Waals surface area contributed by atoms with Gasteiger partial charge in [-0.3, -0.25) is 0 Å². The lowest BCUT2D eigenvalue weighted by molar-refractivity contribution is 0.627. The average Bonchev–Trinajstić information content (AvgIpc) is 0.715. The summed E-state index contributed by atoms with van der Waals surface area (Å²) in [6.45, 7) is 9.13. The van der Waals surface area contributed by atoms with E-state index in [9.17, 15) is 0 Å². The van der Waals surface area contributed by atoms with Gasteiger partial charge in [-0.25, -0.2) is 4.39 Å². The third-order valence-electron chi connectivity index (χ3n) is 21.3. The lowest BCUT2D eigenvalue weighted by atomic mass is 9.31. The molecule has 9 heteroatoms. The third kappa shape index (κ3) is 12.4. The summed E-state index contributed by atoms with van der Waals surface area (Å²) in [5, 5.41) is 0. The number of para-hydroxylation sites is 6. The van der Waals surface area contributed by atoms with Gasteiger partial charge in [0.25, 0.3) is 0 Å². The van der Waals surface area contributed by atoms with Crippen molar-refractivity contribution in [3.05, 3.63) is 394 Å². The van der Waals surface area contributed by atoms with Crippen molar-refractivity contribution in [1.82, 2.24) is 0 Å². The summed E-state index contributed by atoms with van der Waals surface area (Å²) in [6.07, 6.45) is 2.24. The molecule has 17 rings (SSSR count). The smallest absolute Gasteiger partial charge is 0.241 e. The molecule has 0 aromatic heterocycles. The van der Waals surface area contributed by atoms with E-state index in [4.69, 9.17) is 6.58 Å². The van der Waals surface area contributed by atoms with Crippen molar-refractivity contribution in [2.75, 3.05) is 30.8 Å². The van der Waals surface area contributed by atoms with E-state index in [0.29, 0.717) is 0 Å². The molecule has 0 N–H and O–H groups in total. The molecule has 0 fully saturated rings. The third-order valence-corrected chi connectivity index (χ3v) is 22.0. The van der Waals surface area contributed by atoms with Crippen molar-refractivity contribution in [1.29, 1.82) is 0 Å². The number of fused-ring (bicyclic) bond motifs is 4. The molecule has 0 saturated heterocycles. The maximum Gasteiger partial charge on any atom is 0.241 e. The number of hydrogen-bond acceptors (Lipinski definition) is 6. The minimum atomic E-state index is -0.381. The Hall–Kier alpha value is -12.6. The summed E-state index contributed by atoms with van der Waals surface area (Å²) in [6, 6.07) is 134. The van der Waals surface area contributed by atoms with E-state index < -0.39 is 0 Å². The van der Waals surface area contributed by atoms with Gasteiger partial charge in [0.15, 0.2) is 0 Å². The number of nitrogens with zero attached hydrogens (tertiary/aromatic N) is 5. The molecule has 0 aliphatic carbocycles. The first-order valence-electron chi connectivity index (χ1n) is 36.5. The molecule has 106 heavy (non-hydrogen) atoms. The van der Waals surface area contributed by atoms with Crippen molar-refractivity contribution in [3.63, 3.8) is 0 Å². The van der Waals surface area contributed by atoms with E-state index >= 15 is 4.39 Å². The zero-order valence-corrected chi connectivity index (χ0v) is 60.2. The Morgan fingerprint density at radius 2 is 0.755 bits per heavy atom.